The maximum absolute atomic E-state index is 12.3. The number of esters is 1. The minimum Gasteiger partial charge on any atom is -0.461 e. The van der Waals surface area contributed by atoms with Crippen molar-refractivity contribution in [2.45, 2.75) is 13.0 Å². The van der Waals surface area contributed by atoms with E-state index in [-0.39, 0.29) is 17.9 Å². The number of nitrogens with zero attached hydrogens (tertiary/aromatic N) is 2. The van der Waals surface area contributed by atoms with Crippen molar-refractivity contribution < 1.29 is 19.0 Å². The van der Waals surface area contributed by atoms with Crippen molar-refractivity contribution in [1.29, 1.82) is 0 Å². The monoisotopic (exact) mass is 216 g/mol. The number of ether oxygens (including phenoxy) is 1. The lowest BCUT2D eigenvalue weighted by molar-refractivity contribution is 0.0509. The van der Waals surface area contributed by atoms with Gasteiger partial charge in [-0.3, -0.25) is 4.68 Å². The van der Waals surface area contributed by atoms with Crippen molar-refractivity contribution in [3.05, 3.63) is 17.5 Å². The molecule has 1 atom stereocenters. The topological polar surface area (TPSA) is 64.3 Å². The molecule has 0 aliphatic rings. The van der Waals surface area contributed by atoms with Gasteiger partial charge < -0.3 is 9.84 Å². The zero-order valence-corrected chi connectivity index (χ0v) is 8.61. The quantitative estimate of drug-likeness (QED) is 0.748. The van der Waals surface area contributed by atoms with Crippen LogP contribution in [0.1, 0.15) is 29.1 Å². The normalized spacial score (nSPS) is 12.5. The average Bonchev–Trinajstić information content (AvgIpc) is 2.59. The van der Waals surface area contributed by atoms with Gasteiger partial charge >= 0.3 is 5.97 Å². The number of halogens is 1. The van der Waals surface area contributed by atoms with E-state index in [9.17, 15) is 14.3 Å². The highest BCUT2D eigenvalue weighted by Gasteiger charge is 2.22. The first-order valence-corrected chi connectivity index (χ1v) is 4.54. The largest absolute Gasteiger partial charge is 0.461 e. The van der Waals surface area contributed by atoms with Gasteiger partial charge in [-0.15, -0.1) is 0 Å². The summed E-state index contributed by atoms with van der Waals surface area (Å²) in [5, 5.41) is 13.1. The summed E-state index contributed by atoms with van der Waals surface area (Å²) in [6.07, 6.45) is 0.0642. The number of carbonyl (C=O) groups is 1. The fraction of sp³-hybridized carbons (Fsp3) is 0.556. The summed E-state index contributed by atoms with van der Waals surface area (Å²) in [4.78, 5) is 11.4. The van der Waals surface area contributed by atoms with E-state index in [1.807, 2.05) is 0 Å². The highest BCUT2D eigenvalue weighted by Crippen LogP contribution is 2.17. The van der Waals surface area contributed by atoms with Crippen LogP contribution in [0.5, 0.6) is 0 Å². The zero-order chi connectivity index (χ0) is 11.4. The number of aryl methyl sites for hydroxylation is 1. The Morgan fingerprint density at radius 1 is 1.80 bits per heavy atom. The fourth-order valence-corrected chi connectivity index (χ4v) is 1.19. The Morgan fingerprint density at radius 2 is 2.47 bits per heavy atom. The van der Waals surface area contributed by atoms with E-state index in [1.165, 1.54) is 10.9 Å². The van der Waals surface area contributed by atoms with E-state index in [0.717, 1.165) is 0 Å². The van der Waals surface area contributed by atoms with Gasteiger partial charge in [0.2, 0.25) is 0 Å². The third-order valence-electron chi connectivity index (χ3n) is 1.83. The Bertz CT molecular complexity index is 351. The number of hydrogen-bond donors (Lipinski definition) is 1. The van der Waals surface area contributed by atoms with Crippen LogP contribution in [0.4, 0.5) is 4.39 Å². The standard InChI is InChI=1S/C9H13FN2O3/c1-3-15-9(14)8-6(7(13)4-10)5-12(2)11-8/h5,7,13H,3-4H2,1-2H3. The molecule has 0 bridgehead atoms. The molecular formula is C9H13FN2O3. The predicted molar refractivity (Wildman–Crippen MR) is 50.1 cm³/mol. The first kappa shape index (κ1) is 11.6. The molecule has 0 aliphatic heterocycles. The molecule has 1 rings (SSSR count). The summed E-state index contributed by atoms with van der Waals surface area (Å²) in [6.45, 7) is 0.908. The van der Waals surface area contributed by atoms with Crippen LogP contribution >= 0.6 is 0 Å². The van der Waals surface area contributed by atoms with E-state index in [0.29, 0.717) is 0 Å². The van der Waals surface area contributed by atoms with Crippen LogP contribution in [-0.2, 0) is 11.8 Å². The summed E-state index contributed by atoms with van der Waals surface area (Å²) in [5.41, 5.74) is 0.114. The van der Waals surface area contributed by atoms with Gasteiger partial charge in [-0.05, 0) is 6.92 Å². The third kappa shape index (κ3) is 2.53. The van der Waals surface area contributed by atoms with E-state index < -0.39 is 18.7 Å². The minimum atomic E-state index is -1.34. The SMILES string of the molecule is CCOC(=O)c1nn(C)cc1C(O)CF. The molecule has 0 amide bonds. The van der Waals surface area contributed by atoms with Crippen molar-refractivity contribution >= 4 is 5.97 Å². The Morgan fingerprint density at radius 3 is 3.00 bits per heavy atom. The van der Waals surface area contributed by atoms with Gasteiger partial charge in [-0.1, -0.05) is 0 Å². The number of aliphatic hydroxyl groups is 1. The maximum Gasteiger partial charge on any atom is 0.359 e. The van der Waals surface area contributed by atoms with E-state index >= 15 is 0 Å². The van der Waals surface area contributed by atoms with Crippen LogP contribution < -0.4 is 0 Å². The Balaban J connectivity index is 3.00. The summed E-state index contributed by atoms with van der Waals surface area (Å²) in [6, 6.07) is 0. The molecule has 0 spiro atoms. The minimum absolute atomic E-state index is 0.0375. The summed E-state index contributed by atoms with van der Waals surface area (Å²) in [7, 11) is 1.58. The molecule has 0 fully saturated rings. The van der Waals surface area contributed by atoms with Crippen LogP contribution in [0.25, 0.3) is 0 Å². The van der Waals surface area contributed by atoms with Gasteiger partial charge in [0.05, 0.1) is 6.61 Å². The van der Waals surface area contributed by atoms with E-state index in [1.54, 1.807) is 14.0 Å². The predicted octanol–water partition coefficient (Wildman–Crippen LogP) is 0.600. The van der Waals surface area contributed by atoms with Crippen LogP contribution in [0.15, 0.2) is 6.20 Å². The fourth-order valence-electron chi connectivity index (χ4n) is 1.19. The second-order valence-electron chi connectivity index (χ2n) is 3.00. The molecule has 0 saturated heterocycles. The Hall–Kier alpha value is -1.43. The molecule has 1 aromatic rings. The lowest BCUT2D eigenvalue weighted by Crippen LogP contribution is -2.11. The lowest BCUT2D eigenvalue weighted by Gasteiger charge is -2.05. The number of alkyl halides is 1. The molecule has 1 heterocycles. The van der Waals surface area contributed by atoms with Gasteiger partial charge in [0.1, 0.15) is 12.8 Å². The zero-order valence-electron chi connectivity index (χ0n) is 8.61. The molecule has 0 aromatic carbocycles. The van der Waals surface area contributed by atoms with Gasteiger partial charge in [-0.25, -0.2) is 9.18 Å². The molecule has 0 radical (unpaired) electrons. The highest BCUT2D eigenvalue weighted by atomic mass is 19.1. The molecule has 0 saturated carbocycles. The molecular weight excluding hydrogens is 203 g/mol. The van der Waals surface area contributed by atoms with Crippen LogP contribution in [0.3, 0.4) is 0 Å². The van der Waals surface area contributed by atoms with Crippen LogP contribution in [0.2, 0.25) is 0 Å². The van der Waals surface area contributed by atoms with Crippen molar-refractivity contribution in [1.82, 2.24) is 9.78 Å². The number of hydrogen-bond acceptors (Lipinski definition) is 4. The van der Waals surface area contributed by atoms with Crippen molar-refractivity contribution in [3.63, 3.8) is 0 Å². The highest BCUT2D eigenvalue weighted by molar-refractivity contribution is 5.88. The lowest BCUT2D eigenvalue weighted by atomic mass is 10.1. The number of carbonyl (C=O) groups excluding carboxylic acids is 1. The van der Waals surface area contributed by atoms with Gasteiger partial charge in [0.15, 0.2) is 5.69 Å². The van der Waals surface area contributed by atoms with Crippen molar-refractivity contribution in [3.8, 4) is 0 Å². The molecule has 1 aromatic heterocycles. The van der Waals surface area contributed by atoms with Crippen LogP contribution in [-0.4, -0.2) is 34.1 Å². The second kappa shape index (κ2) is 4.88. The van der Waals surface area contributed by atoms with E-state index in [4.69, 9.17) is 4.74 Å². The first-order chi connectivity index (χ1) is 7.10. The molecule has 0 aliphatic carbocycles. The summed E-state index contributed by atoms with van der Waals surface area (Å²) in [5.74, 6) is -0.652. The van der Waals surface area contributed by atoms with Crippen LogP contribution in [0, 0.1) is 0 Å². The number of aromatic nitrogens is 2. The van der Waals surface area contributed by atoms with Gasteiger partial charge in [0.25, 0.3) is 0 Å². The summed E-state index contributed by atoms with van der Waals surface area (Å²) >= 11 is 0. The van der Waals surface area contributed by atoms with Gasteiger partial charge in [0, 0.05) is 18.8 Å². The van der Waals surface area contributed by atoms with E-state index in [2.05, 4.69) is 5.10 Å². The van der Waals surface area contributed by atoms with Crippen molar-refractivity contribution in [2.75, 3.05) is 13.3 Å². The second-order valence-corrected chi connectivity index (χ2v) is 3.00. The molecule has 15 heavy (non-hydrogen) atoms. The maximum atomic E-state index is 12.3. The Kier molecular flexibility index (Phi) is 3.79. The van der Waals surface area contributed by atoms with Crippen molar-refractivity contribution in [2.24, 2.45) is 7.05 Å². The average molecular weight is 216 g/mol. The number of aliphatic hydroxyl groups excluding tert-OH is 1. The molecule has 84 valence electrons. The number of rotatable bonds is 4. The molecule has 5 nitrogen and oxygen atoms in total. The van der Waals surface area contributed by atoms with Gasteiger partial charge in [-0.2, -0.15) is 5.10 Å². The molecule has 1 unspecified atom stereocenters. The third-order valence-corrected chi connectivity index (χ3v) is 1.83. The summed E-state index contributed by atoms with van der Waals surface area (Å²) < 4.78 is 18.3. The molecule has 1 N–H and O–H groups in total. The molecule has 6 heteroatoms. The Labute approximate surface area is 86.5 Å². The smallest absolute Gasteiger partial charge is 0.359 e. The first-order valence-electron chi connectivity index (χ1n) is 4.54.